The Morgan fingerprint density at radius 3 is 3.00 bits per heavy atom. The molecule has 3 nitrogen and oxygen atoms in total. The maximum Gasteiger partial charge on any atom is 0.112 e. The minimum atomic E-state index is 0.310. The van der Waals surface area contributed by atoms with E-state index in [0.717, 1.165) is 22.5 Å². The van der Waals surface area contributed by atoms with Crippen LogP contribution in [-0.4, -0.2) is 15.2 Å². The maximum absolute atomic E-state index is 4.49. The first-order chi connectivity index (χ1) is 10.2. The number of aromatic nitrogens is 3. The van der Waals surface area contributed by atoms with E-state index in [4.69, 9.17) is 0 Å². The van der Waals surface area contributed by atoms with E-state index in [1.165, 1.54) is 40.6 Å². The van der Waals surface area contributed by atoms with Crippen molar-refractivity contribution in [2.75, 3.05) is 0 Å². The van der Waals surface area contributed by atoms with E-state index < -0.39 is 0 Å². The van der Waals surface area contributed by atoms with Crippen LogP contribution in [-0.2, 0) is 11.8 Å². The quantitative estimate of drug-likeness (QED) is 0.619. The first-order valence-electron chi connectivity index (χ1n) is 7.51. The zero-order valence-electron chi connectivity index (χ0n) is 11.8. The SMILES string of the molecule is CC1CC2(Cc3c[nH]nc3-c3[nH]c4ccc(Br)cc4c32)C1. The zero-order chi connectivity index (χ0) is 14.2. The van der Waals surface area contributed by atoms with Gasteiger partial charge in [0.15, 0.2) is 0 Å². The molecule has 0 saturated heterocycles. The van der Waals surface area contributed by atoms with Gasteiger partial charge in [0.1, 0.15) is 5.69 Å². The van der Waals surface area contributed by atoms with E-state index in [9.17, 15) is 0 Å². The summed E-state index contributed by atoms with van der Waals surface area (Å²) in [4.78, 5) is 3.62. The fourth-order valence-electron chi connectivity index (χ4n) is 4.63. The van der Waals surface area contributed by atoms with Gasteiger partial charge >= 0.3 is 0 Å². The van der Waals surface area contributed by atoms with E-state index in [1.54, 1.807) is 0 Å². The lowest BCUT2D eigenvalue weighted by molar-refractivity contribution is 0.156. The largest absolute Gasteiger partial charge is 0.353 e. The summed E-state index contributed by atoms with van der Waals surface area (Å²) in [6, 6.07) is 6.53. The van der Waals surface area contributed by atoms with Gasteiger partial charge in [0.25, 0.3) is 0 Å². The molecule has 0 atom stereocenters. The molecule has 1 fully saturated rings. The number of nitrogens with zero attached hydrogens (tertiary/aromatic N) is 1. The normalized spacial score (nSPS) is 26.7. The van der Waals surface area contributed by atoms with Gasteiger partial charge in [-0.25, -0.2) is 0 Å². The van der Waals surface area contributed by atoms with Crippen molar-refractivity contribution in [2.45, 2.75) is 31.6 Å². The van der Waals surface area contributed by atoms with E-state index in [2.05, 4.69) is 62.4 Å². The lowest BCUT2D eigenvalue weighted by Crippen LogP contribution is -2.43. The molecule has 4 heteroatoms. The second kappa shape index (κ2) is 3.80. The number of H-pyrrole nitrogens is 2. The Morgan fingerprint density at radius 2 is 2.19 bits per heavy atom. The van der Waals surface area contributed by atoms with Crippen molar-refractivity contribution in [1.82, 2.24) is 15.2 Å². The van der Waals surface area contributed by atoms with Gasteiger partial charge in [0.05, 0.1) is 5.69 Å². The van der Waals surface area contributed by atoms with Gasteiger partial charge in [-0.2, -0.15) is 5.10 Å². The molecule has 0 bridgehead atoms. The third-order valence-corrected chi connectivity index (χ3v) is 5.75. The maximum atomic E-state index is 4.49. The summed E-state index contributed by atoms with van der Waals surface area (Å²) in [5.41, 5.74) is 6.74. The average Bonchev–Trinajstić information content (AvgIpc) is 3.00. The predicted molar refractivity (Wildman–Crippen MR) is 87.4 cm³/mol. The molecule has 0 aliphatic heterocycles. The van der Waals surface area contributed by atoms with Crippen LogP contribution in [0.15, 0.2) is 28.9 Å². The second-order valence-corrected chi connectivity index (χ2v) is 7.71. The van der Waals surface area contributed by atoms with Crippen LogP contribution in [0.3, 0.4) is 0 Å². The Labute approximate surface area is 131 Å². The number of nitrogens with one attached hydrogen (secondary N) is 2. The van der Waals surface area contributed by atoms with Crippen LogP contribution in [0.25, 0.3) is 22.3 Å². The second-order valence-electron chi connectivity index (χ2n) is 6.79. The van der Waals surface area contributed by atoms with Crippen LogP contribution in [0, 0.1) is 5.92 Å². The highest BCUT2D eigenvalue weighted by atomic mass is 79.9. The molecule has 0 unspecified atom stereocenters. The summed E-state index contributed by atoms with van der Waals surface area (Å²) < 4.78 is 1.15. The summed E-state index contributed by atoms with van der Waals surface area (Å²) in [5, 5.41) is 8.91. The summed E-state index contributed by atoms with van der Waals surface area (Å²) in [6.07, 6.45) is 5.76. The Hall–Kier alpha value is -1.55. The molecule has 0 radical (unpaired) electrons. The van der Waals surface area contributed by atoms with Gasteiger partial charge in [-0.3, -0.25) is 5.10 Å². The Morgan fingerprint density at radius 1 is 1.33 bits per heavy atom. The van der Waals surface area contributed by atoms with Crippen molar-refractivity contribution in [1.29, 1.82) is 0 Å². The van der Waals surface area contributed by atoms with Crippen LogP contribution < -0.4 is 0 Å². The van der Waals surface area contributed by atoms with Gasteiger partial charge in [-0.05, 0) is 48.9 Å². The van der Waals surface area contributed by atoms with Crippen LogP contribution in [0.1, 0.15) is 30.9 Å². The van der Waals surface area contributed by atoms with E-state index in [1.807, 2.05) is 0 Å². The molecule has 2 aromatic heterocycles. The van der Waals surface area contributed by atoms with Crippen LogP contribution >= 0.6 is 15.9 Å². The van der Waals surface area contributed by atoms with Crippen molar-refractivity contribution >= 4 is 26.8 Å². The molecule has 5 rings (SSSR count). The van der Waals surface area contributed by atoms with Crippen molar-refractivity contribution in [2.24, 2.45) is 5.92 Å². The molecule has 2 aliphatic carbocycles. The van der Waals surface area contributed by atoms with Crippen LogP contribution in [0.4, 0.5) is 0 Å². The Kier molecular flexibility index (Phi) is 2.18. The standard InChI is InChI=1S/C17H16BrN3/c1-9-5-17(6-9)7-10-8-19-21-15(10)16-14(17)12-4-11(18)2-3-13(12)20-16/h2-4,8-9,20H,5-7H2,1H3,(H,19,21). The molecular weight excluding hydrogens is 326 g/mol. The highest BCUT2D eigenvalue weighted by molar-refractivity contribution is 9.10. The number of hydrogen-bond acceptors (Lipinski definition) is 1. The molecule has 2 aliphatic rings. The molecular formula is C17H16BrN3. The Bertz CT molecular complexity index is 867. The molecule has 1 saturated carbocycles. The predicted octanol–water partition coefficient (Wildman–Crippen LogP) is 4.54. The van der Waals surface area contributed by atoms with Gasteiger partial charge in [-0.15, -0.1) is 0 Å². The highest BCUT2D eigenvalue weighted by Crippen LogP contribution is 2.57. The highest BCUT2D eigenvalue weighted by Gasteiger charge is 2.49. The fourth-order valence-corrected chi connectivity index (χ4v) is 5.00. The number of hydrogen-bond donors (Lipinski definition) is 2. The van der Waals surface area contributed by atoms with Crippen LogP contribution in [0.5, 0.6) is 0 Å². The first-order valence-corrected chi connectivity index (χ1v) is 8.30. The lowest BCUT2D eigenvalue weighted by atomic mass is 9.54. The van der Waals surface area contributed by atoms with Gasteiger partial charge in [0.2, 0.25) is 0 Å². The zero-order valence-corrected chi connectivity index (χ0v) is 13.4. The van der Waals surface area contributed by atoms with Crippen molar-refractivity contribution in [3.63, 3.8) is 0 Å². The van der Waals surface area contributed by atoms with Crippen molar-refractivity contribution in [3.8, 4) is 11.4 Å². The molecule has 21 heavy (non-hydrogen) atoms. The topological polar surface area (TPSA) is 44.5 Å². The summed E-state index contributed by atoms with van der Waals surface area (Å²) in [6.45, 7) is 2.36. The van der Waals surface area contributed by atoms with Crippen molar-refractivity contribution < 1.29 is 0 Å². The van der Waals surface area contributed by atoms with Gasteiger partial charge in [0, 0.05) is 32.6 Å². The molecule has 1 aromatic carbocycles. The van der Waals surface area contributed by atoms with Crippen LogP contribution in [0.2, 0.25) is 0 Å². The van der Waals surface area contributed by atoms with Gasteiger partial charge in [-0.1, -0.05) is 22.9 Å². The smallest absolute Gasteiger partial charge is 0.112 e. The van der Waals surface area contributed by atoms with E-state index >= 15 is 0 Å². The lowest BCUT2D eigenvalue weighted by Gasteiger charge is -2.49. The van der Waals surface area contributed by atoms with E-state index in [0.29, 0.717) is 5.41 Å². The number of fused-ring (bicyclic) bond motifs is 6. The fraction of sp³-hybridized carbons (Fsp3) is 0.353. The minimum absolute atomic E-state index is 0.310. The number of rotatable bonds is 0. The third kappa shape index (κ3) is 1.46. The minimum Gasteiger partial charge on any atom is -0.353 e. The first kappa shape index (κ1) is 12.0. The summed E-state index contributed by atoms with van der Waals surface area (Å²) >= 11 is 3.62. The number of benzene rings is 1. The molecule has 1 spiro atoms. The third-order valence-electron chi connectivity index (χ3n) is 5.25. The monoisotopic (exact) mass is 341 g/mol. The average molecular weight is 342 g/mol. The molecule has 106 valence electrons. The molecule has 3 aromatic rings. The summed E-state index contributed by atoms with van der Waals surface area (Å²) in [7, 11) is 0. The van der Waals surface area contributed by atoms with E-state index in [-0.39, 0.29) is 0 Å². The van der Waals surface area contributed by atoms with Gasteiger partial charge < -0.3 is 4.98 Å². The molecule has 2 N–H and O–H groups in total. The molecule has 2 heterocycles. The molecule has 0 amide bonds. The summed E-state index contributed by atoms with van der Waals surface area (Å²) in [5.74, 6) is 0.823. The Balaban J connectivity index is 1.88. The number of aromatic amines is 2. The number of halogens is 1. The van der Waals surface area contributed by atoms with Crippen molar-refractivity contribution in [3.05, 3.63) is 40.0 Å².